The predicted molar refractivity (Wildman–Crippen MR) is 68.5 cm³/mol. The van der Waals surface area contributed by atoms with Crippen molar-refractivity contribution in [2.75, 3.05) is 6.54 Å². The Bertz CT molecular complexity index is 467. The minimum atomic E-state index is -0.489. The van der Waals surface area contributed by atoms with Gasteiger partial charge in [0, 0.05) is 16.6 Å². The number of amides is 1. The predicted octanol–water partition coefficient (Wildman–Crippen LogP) is 2.13. The fourth-order valence-electron chi connectivity index (χ4n) is 1.65. The number of hydrogen-bond donors (Lipinski definition) is 2. The first kappa shape index (κ1) is 12.2. The molecule has 0 radical (unpaired) electrons. The number of carbonyl (C=O) groups excluding carboxylic acids is 1. The van der Waals surface area contributed by atoms with E-state index in [0.29, 0.717) is 22.5 Å². The molecule has 1 aromatic rings. The van der Waals surface area contributed by atoms with Crippen molar-refractivity contribution in [3.05, 3.63) is 33.8 Å². The molecule has 6 heteroatoms. The van der Waals surface area contributed by atoms with Crippen LogP contribution >= 0.6 is 23.2 Å². The molecule has 1 aromatic carbocycles. The monoisotopic (exact) mass is 271 g/mol. The fourth-order valence-corrected chi connectivity index (χ4v) is 2.19. The molecule has 0 bridgehead atoms. The number of guanidine groups is 1. The third-order valence-electron chi connectivity index (χ3n) is 2.32. The molecule has 1 saturated heterocycles. The molecular weight excluding hydrogens is 261 g/mol. The zero-order chi connectivity index (χ0) is 12.4. The lowest BCUT2D eigenvalue weighted by atomic mass is 10.1. The second-order valence-corrected chi connectivity index (χ2v) is 4.47. The Kier molecular flexibility index (Phi) is 3.54. The van der Waals surface area contributed by atoms with Gasteiger partial charge in [-0.25, -0.2) is 0 Å². The van der Waals surface area contributed by atoms with Crippen LogP contribution in [-0.2, 0) is 4.79 Å². The molecule has 1 heterocycles. The SMILES string of the molecule is CCN=C1NC(=O)C(c2cc(Cl)cc(Cl)c2)N1. The van der Waals surface area contributed by atoms with E-state index in [1.54, 1.807) is 18.2 Å². The lowest BCUT2D eigenvalue weighted by molar-refractivity contribution is -0.120. The van der Waals surface area contributed by atoms with Gasteiger partial charge in [0.05, 0.1) is 0 Å². The number of rotatable bonds is 2. The number of halogens is 2. The second kappa shape index (κ2) is 4.94. The highest BCUT2D eigenvalue weighted by Crippen LogP contribution is 2.25. The van der Waals surface area contributed by atoms with Gasteiger partial charge >= 0.3 is 0 Å². The molecule has 0 aromatic heterocycles. The smallest absolute Gasteiger partial charge is 0.253 e. The van der Waals surface area contributed by atoms with Gasteiger partial charge in [0.2, 0.25) is 0 Å². The van der Waals surface area contributed by atoms with E-state index in [1.807, 2.05) is 6.92 Å². The third-order valence-corrected chi connectivity index (χ3v) is 2.76. The summed E-state index contributed by atoms with van der Waals surface area (Å²) in [5.74, 6) is 0.328. The highest BCUT2D eigenvalue weighted by molar-refractivity contribution is 6.34. The van der Waals surface area contributed by atoms with Gasteiger partial charge in [-0.05, 0) is 30.7 Å². The number of carbonyl (C=O) groups is 1. The zero-order valence-electron chi connectivity index (χ0n) is 9.13. The van der Waals surface area contributed by atoms with Crippen LogP contribution in [0.25, 0.3) is 0 Å². The Morgan fingerprint density at radius 3 is 2.53 bits per heavy atom. The molecule has 90 valence electrons. The molecule has 1 aliphatic rings. The van der Waals surface area contributed by atoms with Gasteiger partial charge in [-0.1, -0.05) is 23.2 Å². The summed E-state index contributed by atoms with van der Waals surface area (Å²) >= 11 is 11.8. The summed E-state index contributed by atoms with van der Waals surface area (Å²) in [6.45, 7) is 2.50. The summed E-state index contributed by atoms with van der Waals surface area (Å²) in [5, 5.41) is 6.65. The quantitative estimate of drug-likeness (QED) is 0.866. The molecule has 1 atom stereocenters. The van der Waals surface area contributed by atoms with Crippen LogP contribution in [0.3, 0.4) is 0 Å². The van der Waals surface area contributed by atoms with E-state index >= 15 is 0 Å². The zero-order valence-corrected chi connectivity index (χ0v) is 10.6. The molecule has 2 rings (SSSR count). The topological polar surface area (TPSA) is 53.5 Å². The van der Waals surface area contributed by atoms with E-state index in [9.17, 15) is 4.79 Å². The van der Waals surface area contributed by atoms with Crippen LogP contribution in [0.4, 0.5) is 0 Å². The van der Waals surface area contributed by atoms with Crippen molar-refractivity contribution in [2.24, 2.45) is 4.99 Å². The van der Waals surface area contributed by atoms with Crippen molar-refractivity contribution in [1.29, 1.82) is 0 Å². The van der Waals surface area contributed by atoms with E-state index in [4.69, 9.17) is 23.2 Å². The fraction of sp³-hybridized carbons (Fsp3) is 0.273. The number of nitrogens with zero attached hydrogens (tertiary/aromatic N) is 1. The largest absolute Gasteiger partial charge is 0.340 e. The van der Waals surface area contributed by atoms with Crippen molar-refractivity contribution in [2.45, 2.75) is 13.0 Å². The minimum absolute atomic E-state index is 0.157. The molecule has 0 saturated carbocycles. The van der Waals surface area contributed by atoms with Gasteiger partial charge in [-0.2, -0.15) is 0 Å². The summed E-state index contributed by atoms with van der Waals surface area (Å²) in [6.07, 6.45) is 0. The molecular formula is C11H11Cl2N3O. The first-order chi connectivity index (χ1) is 8.10. The van der Waals surface area contributed by atoms with Crippen molar-refractivity contribution < 1.29 is 4.79 Å². The molecule has 1 aliphatic heterocycles. The first-order valence-corrected chi connectivity index (χ1v) is 5.93. The average Bonchev–Trinajstić information content (AvgIpc) is 2.58. The van der Waals surface area contributed by atoms with Crippen LogP contribution < -0.4 is 10.6 Å². The Labute approximate surface area is 109 Å². The summed E-state index contributed by atoms with van der Waals surface area (Å²) in [4.78, 5) is 15.8. The van der Waals surface area contributed by atoms with E-state index in [2.05, 4.69) is 15.6 Å². The van der Waals surface area contributed by atoms with Crippen LogP contribution in [0.5, 0.6) is 0 Å². The molecule has 17 heavy (non-hydrogen) atoms. The molecule has 1 amide bonds. The Balaban J connectivity index is 2.29. The van der Waals surface area contributed by atoms with Crippen LogP contribution in [0.2, 0.25) is 10.0 Å². The maximum Gasteiger partial charge on any atom is 0.253 e. The van der Waals surface area contributed by atoms with E-state index in [0.717, 1.165) is 5.56 Å². The summed E-state index contributed by atoms with van der Waals surface area (Å²) in [6, 6.07) is 4.55. The summed E-state index contributed by atoms with van der Waals surface area (Å²) in [7, 11) is 0. The molecule has 4 nitrogen and oxygen atoms in total. The number of nitrogens with one attached hydrogen (secondary N) is 2. The molecule has 0 aliphatic carbocycles. The molecule has 1 fully saturated rings. The van der Waals surface area contributed by atoms with Crippen LogP contribution in [-0.4, -0.2) is 18.4 Å². The summed E-state index contributed by atoms with van der Waals surface area (Å²) in [5.41, 5.74) is 0.723. The standard InChI is InChI=1S/C11H11Cl2N3O/c1-2-14-11-15-9(10(17)16-11)6-3-7(12)5-8(13)4-6/h3-5,9H,2H2,1H3,(H2,14,15,16,17). The Hall–Kier alpha value is -1.26. The molecule has 0 spiro atoms. The van der Waals surface area contributed by atoms with Gasteiger partial charge in [0.1, 0.15) is 6.04 Å². The van der Waals surface area contributed by atoms with Crippen LogP contribution in [0, 0.1) is 0 Å². The average molecular weight is 272 g/mol. The lowest BCUT2D eigenvalue weighted by Crippen LogP contribution is -2.25. The maximum absolute atomic E-state index is 11.7. The normalized spacial score (nSPS) is 21.5. The highest BCUT2D eigenvalue weighted by Gasteiger charge is 2.29. The van der Waals surface area contributed by atoms with Gasteiger partial charge in [0.15, 0.2) is 5.96 Å². The maximum atomic E-state index is 11.7. The van der Waals surface area contributed by atoms with Gasteiger partial charge in [0.25, 0.3) is 5.91 Å². The Morgan fingerprint density at radius 1 is 1.29 bits per heavy atom. The Morgan fingerprint density at radius 2 is 1.94 bits per heavy atom. The summed E-state index contributed by atoms with van der Waals surface area (Å²) < 4.78 is 0. The van der Waals surface area contributed by atoms with Gasteiger partial charge in [-0.15, -0.1) is 0 Å². The van der Waals surface area contributed by atoms with Gasteiger partial charge in [-0.3, -0.25) is 15.1 Å². The van der Waals surface area contributed by atoms with Crippen molar-refractivity contribution in [3.8, 4) is 0 Å². The minimum Gasteiger partial charge on any atom is -0.340 e. The first-order valence-electron chi connectivity index (χ1n) is 5.18. The van der Waals surface area contributed by atoms with Crippen molar-refractivity contribution in [1.82, 2.24) is 10.6 Å². The van der Waals surface area contributed by atoms with E-state index in [-0.39, 0.29) is 5.91 Å². The van der Waals surface area contributed by atoms with Gasteiger partial charge < -0.3 is 5.32 Å². The highest BCUT2D eigenvalue weighted by atomic mass is 35.5. The molecule has 1 unspecified atom stereocenters. The third kappa shape index (κ3) is 2.70. The van der Waals surface area contributed by atoms with Crippen molar-refractivity contribution in [3.63, 3.8) is 0 Å². The lowest BCUT2D eigenvalue weighted by Gasteiger charge is -2.09. The van der Waals surface area contributed by atoms with Crippen molar-refractivity contribution >= 4 is 35.1 Å². The van der Waals surface area contributed by atoms with E-state index < -0.39 is 6.04 Å². The second-order valence-electron chi connectivity index (χ2n) is 3.59. The molecule has 2 N–H and O–H groups in total. The number of hydrogen-bond acceptors (Lipinski definition) is 2. The van der Waals surface area contributed by atoms with Crippen LogP contribution in [0.1, 0.15) is 18.5 Å². The number of benzene rings is 1. The van der Waals surface area contributed by atoms with E-state index in [1.165, 1.54) is 0 Å². The number of aliphatic imine (C=N–C) groups is 1. The van der Waals surface area contributed by atoms with Crippen LogP contribution in [0.15, 0.2) is 23.2 Å².